The van der Waals surface area contributed by atoms with Gasteiger partial charge in [0.2, 0.25) is 5.91 Å². The van der Waals surface area contributed by atoms with Gasteiger partial charge in [0.25, 0.3) is 10.0 Å². The minimum atomic E-state index is -4.11. The molecule has 1 atom stereocenters. The van der Waals surface area contributed by atoms with E-state index in [1.807, 2.05) is 39.0 Å². The summed E-state index contributed by atoms with van der Waals surface area (Å²) in [6.07, 6.45) is 0.618. The maximum atomic E-state index is 13.4. The third-order valence-electron chi connectivity index (χ3n) is 5.58. The molecule has 180 valence electrons. The van der Waals surface area contributed by atoms with Gasteiger partial charge in [0, 0.05) is 0 Å². The Hall–Kier alpha value is -3.39. The van der Waals surface area contributed by atoms with Crippen LogP contribution in [-0.2, 0) is 14.8 Å². The maximum Gasteiger partial charge on any atom is 0.264 e. The van der Waals surface area contributed by atoms with Crippen molar-refractivity contribution in [2.75, 3.05) is 18.0 Å². The first kappa shape index (κ1) is 25.2. The van der Waals surface area contributed by atoms with Crippen LogP contribution in [0.3, 0.4) is 0 Å². The van der Waals surface area contributed by atoms with Gasteiger partial charge in [-0.1, -0.05) is 36.8 Å². The molecular formula is C26H29FN2O4S. The van der Waals surface area contributed by atoms with Gasteiger partial charge in [0.15, 0.2) is 0 Å². The number of rotatable bonds is 9. The maximum absolute atomic E-state index is 13.4. The Bertz CT molecular complexity index is 1240. The van der Waals surface area contributed by atoms with Gasteiger partial charge in [-0.2, -0.15) is 0 Å². The van der Waals surface area contributed by atoms with Crippen molar-refractivity contribution < 1.29 is 22.3 Å². The molecule has 3 aromatic rings. The summed E-state index contributed by atoms with van der Waals surface area (Å²) in [6, 6.07) is 16.8. The molecule has 8 heteroatoms. The Kier molecular flexibility index (Phi) is 7.94. The minimum Gasteiger partial charge on any atom is -0.496 e. The molecule has 0 bridgehead atoms. The highest BCUT2D eigenvalue weighted by atomic mass is 32.2. The van der Waals surface area contributed by atoms with Crippen LogP contribution < -0.4 is 14.4 Å². The van der Waals surface area contributed by atoms with E-state index in [1.54, 1.807) is 31.4 Å². The standard InChI is InChI=1S/C26H29FN2O4S/c1-5-24(20-8-15-25(33-4)19(3)16-20)28-26(30)17-29(22-11-6-18(2)7-12-22)34(31,32)23-13-9-21(27)10-14-23/h6-16,24H,5,17H2,1-4H3,(H,28,30)/t24-/m1/s1. The first-order valence-corrected chi connectivity index (χ1v) is 12.4. The van der Waals surface area contributed by atoms with Gasteiger partial charge in [-0.05, 0) is 73.9 Å². The van der Waals surface area contributed by atoms with Crippen molar-refractivity contribution in [1.29, 1.82) is 0 Å². The summed E-state index contributed by atoms with van der Waals surface area (Å²) < 4.78 is 46.6. The van der Waals surface area contributed by atoms with E-state index in [2.05, 4.69) is 5.32 Å². The Morgan fingerprint density at radius 2 is 1.68 bits per heavy atom. The van der Waals surface area contributed by atoms with Crippen LogP contribution in [0.25, 0.3) is 0 Å². The van der Waals surface area contributed by atoms with E-state index >= 15 is 0 Å². The highest BCUT2D eigenvalue weighted by Crippen LogP contribution is 2.26. The van der Waals surface area contributed by atoms with Crippen LogP contribution >= 0.6 is 0 Å². The fourth-order valence-corrected chi connectivity index (χ4v) is 5.09. The van der Waals surface area contributed by atoms with Crippen LogP contribution in [0.5, 0.6) is 5.75 Å². The van der Waals surface area contributed by atoms with E-state index in [0.29, 0.717) is 12.1 Å². The average Bonchev–Trinajstić information content (AvgIpc) is 2.82. The van der Waals surface area contributed by atoms with E-state index in [1.165, 1.54) is 12.1 Å². The molecule has 0 saturated heterocycles. The average molecular weight is 485 g/mol. The second-order valence-corrected chi connectivity index (χ2v) is 9.92. The lowest BCUT2D eigenvalue weighted by molar-refractivity contribution is -0.120. The zero-order chi connectivity index (χ0) is 24.9. The molecule has 0 aliphatic rings. The number of nitrogens with one attached hydrogen (secondary N) is 1. The van der Waals surface area contributed by atoms with Crippen molar-refractivity contribution in [1.82, 2.24) is 5.32 Å². The predicted molar refractivity (Wildman–Crippen MR) is 131 cm³/mol. The van der Waals surface area contributed by atoms with Gasteiger partial charge in [-0.15, -0.1) is 0 Å². The van der Waals surface area contributed by atoms with Crippen LogP contribution in [-0.4, -0.2) is 28.0 Å². The molecule has 0 aliphatic heterocycles. The number of hydrogen-bond acceptors (Lipinski definition) is 4. The van der Waals surface area contributed by atoms with Crippen molar-refractivity contribution in [2.24, 2.45) is 0 Å². The van der Waals surface area contributed by atoms with Gasteiger partial charge in [-0.3, -0.25) is 9.10 Å². The summed E-state index contributed by atoms with van der Waals surface area (Å²) >= 11 is 0. The summed E-state index contributed by atoms with van der Waals surface area (Å²) in [5.74, 6) is -0.244. The first-order chi connectivity index (χ1) is 16.1. The number of sulfonamides is 1. The Morgan fingerprint density at radius 1 is 1.03 bits per heavy atom. The van der Waals surface area contributed by atoms with Crippen molar-refractivity contribution in [3.63, 3.8) is 0 Å². The number of methoxy groups -OCH3 is 1. The van der Waals surface area contributed by atoms with E-state index in [-0.39, 0.29) is 10.9 Å². The molecule has 3 rings (SSSR count). The zero-order valence-corrected chi connectivity index (χ0v) is 20.5. The number of carbonyl (C=O) groups is 1. The summed E-state index contributed by atoms with van der Waals surface area (Å²) in [4.78, 5) is 13.0. The number of aryl methyl sites for hydroxylation is 2. The highest BCUT2D eigenvalue weighted by molar-refractivity contribution is 7.92. The number of benzene rings is 3. The van der Waals surface area contributed by atoms with Crippen LogP contribution in [0.1, 0.15) is 36.1 Å². The number of hydrogen-bond donors (Lipinski definition) is 1. The van der Waals surface area contributed by atoms with E-state index < -0.39 is 28.3 Å². The SMILES string of the molecule is CC[C@@H](NC(=O)CN(c1ccc(C)cc1)S(=O)(=O)c1ccc(F)cc1)c1ccc(OC)c(C)c1. The Labute approximate surface area is 200 Å². The second-order valence-electron chi connectivity index (χ2n) is 8.06. The quantitative estimate of drug-likeness (QED) is 0.468. The van der Waals surface area contributed by atoms with Crippen LogP contribution in [0.15, 0.2) is 71.6 Å². The summed E-state index contributed by atoms with van der Waals surface area (Å²) in [7, 11) is -2.51. The number of ether oxygens (including phenoxy) is 1. The molecule has 0 aliphatic carbocycles. The monoisotopic (exact) mass is 484 g/mol. The number of amides is 1. The molecule has 6 nitrogen and oxygen atoms in total. The van der Waals surface area contributed by atoms with Crippen molar-refractivity contribution in [3.05, 3.63) is 89.2 Å². The minimum absolute atomic E-state index is 0.0971. The summed E-state index contributed by atoms with van der Waals surface area (Å²) in [6.45, 7) is 5.33. The van der Waals surface area contributed by atoms with Gasteiger partial charge in [-0.25, -0.2) is 12.8 Å². The first-order valence-electron chi connectivity index (χ1n) is 10.9. The van der Waals surface area contributed by atoms with Gasteiger partial charge in [0.1, 0.15) is 18.1 Å². The van der Waals surface area contributed by atoms with Crippen molar-refractivity contribution in [2.45, 2.75) is 38.1 Å². The molecule has 0 aromatic heterocycles. The number of halogens is 1. The number of nitrogens with zero attached hydrogens (tertiary/aromatic N) is 1. The predicted octanol–water partition coefficient (Wildman–Crippen LogP) is 4.91. The highest BCUT2D eigenvalue weighted by Gasteiger charge is 2.28. The van der Waals surface area contributed by atoms with Crippen LogP contribution in [0, 0.1) is 19.7 Å². The lowest BCUT2D eigenvalue weighted by Gasteiger charge is -2.26. The van der Waals surface area contributed by atoms with Crippen LogP contribution in [0.2, 0.25) is 0 Å². The van der Waals surface area contributed by atoms with Crippen molar-refractivity contribution >= 4 is 21.6 Å². The van der Waals surface area contributed by atoms with Gasteiger partial charge >= 0.3 is 0 Å². The molecule has 0 saturated carbocycles. The molecule has 0 spiro atoms. The van der Waals surface area contributed by atoms with E-state index in [9.17, 15) is 17.6 Å². The summed E-state index contributed by atoms with van der Waals surface area (Å²) in [5, 5.41) is 2.95. The molecule has 1 amide bonds. The Balaban J connectivity index is 1.89. The molecule has 0 unspecified atom stereocenters. The van der Waals surface area contributed by atoms with Crippen molar-refractivity contribution in [3.8, 4) is 5.75 Å². The fourth-order valence-electron chi connectivity index (χ4n) is 3.67. The van der Waals surface area contributed by atoms with Gasteiger partial charge < -0.3 is 10.1 Å². The third kappa shape index (κ3) is 5.75. The molecule has 34 heavy (non-hydrogen) atoms. The molecule has 0 fully saturated rings. The summed E-state index contributed by atoms with van der Waals surface area (Å²) in [5.41, 5.74) is 3.14. The van der Waals surface area contributed by atoms with Crippen LogP contribution in [0.4, 0.5) is 10.1 Å². The molecule has 1 N–H and O–H groups in total. The fraction of sp³-hybridized carbons (Fsp3) is 0.269. The van der Waals surface area contributed by atoms with Gasteiger partial charge in [0.05, 0.1) is 23.7 Å². The zero-order valence-electron chi connectivity index (χ0n) is 19.7. The Morgan fingerprint density at radius 3 is 2.24 bits per heavy atom. The molecule has 3 aromatic carbocycles. The normalized spacial score (nSPS) is 12.1. The number of anilines is 1. The van der Waals surface area contributed by atoms with E-state index in [4.69, 9.17) is 4.74 Å². The largest absolute Gasteiger partial charge is 0.496 e. The molecule has 0 heterocycles. The third-order valence-corrected chi connectivity index (χ3v) is 7.36. The van der Waals surface area contributed by atoms with E-state index in [0.717, 1.165) is 38.9 Å². The smallest absolute Gasteiger partial charge is 0.264 e. The lowest BCUT2D eigenvalue weighted by atomic mass is 10.0. The lowest BCUT2D eigenvalue weighted by Crippen LogP contribution is -2.42. The number of carbonyl (C=O) groups excluding carboxylic acids is 1. The second kappa shape index (κ2) is 10.7. The molecule has 0 radical (unpaired) electrons. The topological polar surface area (TPSA) is 75.7 Å². The molecular weight excluding hydrogens is 455 g/mol.